The van der Waals surface area contributed by atoms with E-state index in [-0.39, 0.29) is 0 Å². The van der Waals surface area contributed by atoms with Crippen molar-refractivity contribution in [2.45, 2.75) is 77.3 Å². The highest BCUT2D eigenvalue weighted by atomic mass is 32.2. The van der Waals surface area contributed by atoms with E-state index in [1.807, 2.05) is 0 Å². The van der Waals surface area contributed by atoms with Gasteiger partial charge in [-0.15, -0.1) is 0 Å². The van der Waals surface area contributed by atoms with Gasteiger partial charge in [0.05, 0.1) is 0 Å². The molecular formula is C15H31NS. The highest BCUT2D eigenvalue weighted by molar-refractivity contribution is 8.00. The van der Waals surface area contributed by atoms with Crippen molar-refractivity contribution in [3.8, 4) is 0 Å². The first-order valence-electron chi connectivity index (χ1n) is 7.23. The Hall–Kier alpha value is 0.310. The van der Waals surface area contributed by atoms with Crippen LogP contribution in [0.15, 0.2) is 0 Å². The molecule has 2 heteroatoms. The van der Waals surface area contributed by atoms with Gasteiger partial charge in [0.15, 0.2) is 0 Å². The lowest BCUT2D eigenvalue weighted by atomic mass is 9.71. The maximum atomic E-state index is 3.69. The maximum absolute atomic E-state index is 3.69. The van der Waals surface area contributed by atoms with Crippen molar-refractivity contribution in [3.63, 3.8) is 0 Å². The zero-order valence-corrected chi connectivity index (χ0v) is 13.4. The molecule has 1 rings (SSSR count). The molecule has 0 aromatic heterocycles. The molecule has 0 amide bonds. The molecule has 0 saturated heterocycles. The lowest BCUT2D eigenvalue weighted by Gasteiger charge is -2.42. The molecule has 102 valence electrons. The molecule has 0 bridgehead atoms. The van der Waals surface area contributed by atoms with E-state index in [0.29, 0.717) is 5.41 Å². The van der Waals surface area contributed by atoms with Crippen LogP contribution in [-0.2, 0) is 0 Å². The molecule has 3 unspecified atom stereocenters. The van der Waals surface area contributed by atoms with Crippen molar-refractivity contribution >= 4 is 11.8 Å². The fourth-order valence-corrected chi connectivity index (χ4v) is 4.38. The smallest absolute Gasteiger partial charge is 0.0206 e. The molecule has 1 aliphatic carbocycles. The van der Waals surface area contributed by atoms with Crippen LogP contribution in [0.2, 0.25) is 0 Å². The second-order valence-corrected chi connectivity index (χ2v) is 8.58. The van der Waals surface area contributed by atoms with E-state index in [9.17, 15) is 0 Å². The lowest BCUT2D eigenvalue weighted by molar-refractivity contribution is 0.165. The van der Waals surface area contributed by atoms with Crippen molar-refractivity contribution in [1.82, 2.24) is 5.32 Å². The summed E-state index contributed by atoms with van der Waals surface area (Å²) in [6.45, 7) is 15.2. The van der Waals surface area contributed by atoms with Crippen LogP contribution < -0.4 is 5.32 Å². The van der Waals surface area contributed by atoms with Gasteiger partial charge >= 0.3 is 0 Å². The molecule has 0 aliphatic heterocycles. The second-order valence-electron chi connectivity index (χ2n) is 6.76. The van der Waals surface area contributed by atoms with Gasteiger partial charge < -0.3 is 5.32 Å². The Kier molecular flexibility index (Phi) is 5.85. The second kappa shape index (κ2) is 6.47. The van der Waals surface area contributed by atoms with Gasteiger partial charge in [0, 0.05) is 11.3 Å². The Bertz CT molecular complexity index is 219. The quantitative estimate of drug-likeness (QED) is 0.805. The minimum absolute atomic E-state index is 0.479. The predicted molar refractivity (Wildman–Crippen MR) is 80.8 cm³/mol. The van der Waals surface area contributed by atoms with Crippen LogP contribution in [0.25, 0.3) is 0 Å². The van der Waals surface area contributed by atoms with Gasteiger partial charge in [-0.25, -0.2) is 0 Å². The van der Waals surface area contributed by atoms with Crippen LogP contribution in [-0.4, -0.2) is 23.1 Å². The molecule has 0 radical (unpaired) electrons. The highest BCUT2D eigenvalue weighted by Crippen LogP contribution is 2.42. The predicted octanol–water partition coefficient (Wildman–Crippen LogP) is 4.32. The number of hydrogen-bond donors (Lipinski definition) is 1. The van der Waals surface area contributed by atoms with E-state index in [2.05, 4.69) is 58.6 Å². The van der Waals surface area contributed by atoms with Crippen LogP contribution in [0, 0.1) is 11.3 Å². The Labute approximate surface area is 113 Å². The molecule has 1 nitrogen and oxygen atoms in total. The topological polar surface area (TPSA) is 12.0 Å². The number of thioether (sulfide) groups is 1. The van der Waals surface area contributed by atoms with Crippen LogP contribution >= 0.6 is 11.8 Å². The maximum Gasteiger partial charge on any atom is 0.0206 e. The first kappa shape index (κ1) is 15.4. The summed E-state index contributed by atoms with van der Waals surface area (Å²) in [5.74, 6) is 0.897. The van der Waals surface area contributed by atoms with Crippen molar-refractivity contribution in [1.29, 1.82) is 0 Å². The Balaban J connectivity index is 2.62. The van der Waals surface area contributed by atoms with Crippen LogP contribution in [0.5, 0.6) is 0 Å². The molecule has 3 atom stereocenters. The fourth-order valence-electron chi connectivity index (χ4n) is 2.91. The Morgan fingerprint density at radius 1 is 1.24 bits per heavy atom. The summed E-state index contributed by atoms with van der Waals surface area (Å²) in [7, 11) is 0. The fraction of sp³-hybridized carbons (Fsp3) is 1.00. The summed E-state index contributed by atoms with van der Waals surface area (Å²) in [5, 5.41) is 5.25. The monoisotopic (exact) mass is 257 g/mol. The summed E-state index contributed by atoms with van der Waals surface area (Å²) in [6, 6.07) is 0.742. The van der Waals surface area contributed by atoms with E-state index < -0.39 is 0 Å². The summed E-state index contributed by atoms with van der Waals surface area (Å²) in [6.07, 6.45) is 4.15. The van der Waals surface area contributed by atoms with Crippen LogP contribution in [0.1, 0.15) is 60.8 Å². The van der Waals surface area contributed by atoms with E-state index in [1.54, 1.807) is 0 Å². The van der Waals surface area contributed by atoms with Gasteiger partial charge in [-0.1, -0.05) is 41.5 Å². The van der Waals surface area contributed by atoms with E-state index >= 15 is 0 Å². The molecule has 0 aromatic carbocycles. The number of hydrogen-bond acceptors (Lipinski definition) is 2. The third-order valence-corrected chi connectivity index (χ3v) is 5.34. The SMILES string of the molecule is CCNC1CCC(C(C)(C)C)CC1SC(C)C. The third kappa shape index (κ3) is 4.82. The van der Waals surface area contributed by atoms with Gasteiger partial charge in [0.1, 0.15) is 0 Å². The average molecular weight is 257 g/mol. The first-order valence-corrected chi connectivity index (χ1v) is 8.17. The number of rotatable bonds is 4. The standard InChI is InChI=1S/C15H31NS/c1-7-16-13-9-8-12(15(4,5)6)10-14(13)17-11(2)3/h11-14,16H,7-10H2,1-6H3. The molecule has 1 N–H and O–H groups in total. The highest BCUT2D eigenvalue weighted by Gasteiger charge is 2.35. The van der Waals surface area contributed by atoms with Crippen molar-refractivity contribution in [2.24, 2.45) is 11.3 Å². The minimum Gasteiger partial charge on any atom is -0.313 e. The largest absolute Gasteiger partial charge is 0.313 e. The molecule has 0 heterocycles. The molecule has 1 saturated carbocycles. The molecule has 17 heavy (non-hydrogen) atoms. The summed E-state index contributed by atoms with van der Waals surface area (Å²) in [5.41, 5.74) is 0.479. The van der Waals surface area contributed by atoms with E-state index in [1.165, 1.54) is 19.3 Å². The zero-order valence-electron chi connectivity index (χ0n) is 12.5. The Morgan fingerprint density at radius 2 is 1.88 bits per heavy atom. The van der Waals surface area contributed by atoms with Crippen molar-refractivity contribution in [2.75, 3.05) is 6.54 Å². The number of nitrogens with one attached hydrogen (secondary N) is 1. The van der Waals surface area contributed by atoms with E-state index in [0.717, 1.165) is 29.0 Å². The zero-order chi connectivity index (χ0) is 13.1. The summed E-state index contributed by atoms with van der Waals surface area (Å²) < 4.78 is 0. The van der Waals surface area contributed by atoms with Crippen LogP contribution in [0.3, 0.4) is 0 Å². The summed E-state index contributed by atoms with van der Waals surface area (Å²) >= 11 is 2.18. The molecule has 0 aromatic rings. The first-order chi connectivity index (χ1) is 7.84. The molecular weight excluding hydrogens is 226 g/mol. The van der Waals surface area contributed by atoms with Crippen molar-refractivity contribution < 1.29 is 0 Å². The van der Waals surface area contributed by atoms with Gasteiger partial charge in [0.25, 0.3) is 0 Å². The van der Waals surface area contributed by atoms with Crippen molar-refractivity contribution in [3.05, 3.63) is 0 Å². The third-order valence-electron chi connectivity index (χ3n) is 3.93. The Morgan fingerprint density at radius 3 is 2.35 bits per heavy atom. The molecule has 0 spiro atoms. The van der Waals surface area contributed by atoms with Gasteiger partial charge in [-0.05, 0) is 42.4 Å². The normalized spacial score (nSPS) is 30.9. The lowest BCUT2D eigenvalue weighted by Crippen LogP contribution is -2.45. The minimum atomic E-state index is 0.479. The van der Waals surface area contributed by atoms with Gasteiger partial charge in [-0.3, -0.25) is 0 Å². The average Bonchev–Trinajstić information content (AvgIpc) is 2.18. The molecule has 1 aliphatic rings. The van der Waals surface area contributed by atoms with Gasteiger partial charge in [-0.2, -0.15) is 11.8 Å². The van der Waals surface area contributed by atoms with E-state index in [4.69, 9.17) is 0 Å². The van der Waals surface area contributed by atoms with Gasteiger partial charge in [0.2, 0.25) is 0 Å². The van der Waals surface area contributed by atoms with Crippen LogP contribution in [0.4, 0.5) is 0 Å². The molecule has 1 fully saturated rings. The summed E-state index contributed by atoms with van der Waals surface area (Å²) in [4.78, 5) is 0.